The Hall–Kier alpha value is -0.710. The molecule has 1 saturated heterocycles. The Bertz CT molecular complexity index is 388. The molecule has 1 unspecified atom stereocenters. The predicted molar refractivity (Wildman–Crippen MR) is 116 cm³/mol. The molecule has 0 aromatic rings. The van der Waals surface area contributed by atoms with E-state index in [1.54, 1.807) is 7.11 Å². The van der Waals surface area contributed by atoms with Crippen LogP contribution in [-0.2, 0) is 19.0 Å². The van der Waals surface area contributed by atoms with Crippen LogP contribution in [-0.4, -0.2) is 39.0 Å². The van der Waals surface area contributed by atoms with Crippen molar-refractivity contribution in [2.24, 2.45) is 5.92 Å². The average molecular weight is 397 g/mol. The van der Waals surface area contributed by atoms with E-state index in [2.05, 4.69) is 19.1 Å². The highest BCUT2D eigenvalue weighted by molar-refractivity contribution is 5.53. The summed E-state index contributed by atoms with van der Waals surface area (Å²) in [4.78, 5) is 11.0. The van der Waals surface area contributed by atoms with Crippen molar-refractivity contribution in [3.8, 4) is 0 Å². The number of aldehydes is 1. The molecule has 1 atom stereocenters. The summed E-state index contributed by atoms with van der Waals surface area (Å²) < 4.78 is 17.0. The van der Waals surface area contributed by atoms with E-state index < -0.39 is 0 Å². The number of methoxy groups -OCH3 is 1. The van der Waals surface area contributed by atoms with Crippen LogP contribution in [0.25, 0.3) is 0 Å². The molecule has 0 saturated carbocycles. The number of allylic oxidation sites excluding steroid dienone is 2. The van der Waals surface area contributed by atoms with Crippen LogP contribution >= 0.6 is 0 Å². The Labute approximate surface area is 173 Å². The Morgan fingerprint density at radius 3 is 2.18 bits per heavy atom. The summed E-state index contributed by atoms with van der Waals surface area (Å²) in [7, 11) is 1.68. The van der Waals surface area contributed by atoms with Crippen LogP contribution in [0.1, 0.15) is 96.8 Å². The highest BCUT2D eigenvalue weighted by atomic mass is 16.7. The zero-order valence-corrected chi connectivity index (χ0v) is 18.5. The molecule has 0 radical (unpaired) electrons. The number of hydrogen-bond donors (Lipinski definition) is 0. The van der Waals surface area contributed by atoms with E-state index in [0.717, 1.165) is 51.6 Å². The van der Waals surface area contributed by atoms with E-state index in [9.17, 15) is 4.79 Å². The van der Waals surface area contributed by atoms with Gasteiger partial charge < -0.3 is 19.0 Å². The third-order valence-electron chi connectivity index (χ3n) is 5.64. The summed E-state index contributed by atoms with van der Waals surface area (Å²) in [5.41, 5.74) is 0. The van der Waals surface area contributed by atoms with E-state index in [-0.39, 0.29) is 11.7 Å². The van der Waals surface area contributed by atoms with Gasteiger partial charge in [-0.3, -0.25) is 0 Å². The molecule has 28 heavy (non-hydrogen) atoms. The maximum atomic E-state index is 11.0. The first-order valence-corrected chi connectivity index (χ1v) is 11.6. The van der Waals surface area contributed by atoms with Gasteiger partial charge in [0.2, 0.25) is 0 Å². The third-order valence-corrected chi connectivity index (χ3v) is 5.64. The normalized spacial score (nSPS) is 17.4. The minimum absolute atomic E-state index is 0.0979. The van der Waals surface area contributed by atoms with Crippen LogP contribution in [0.5, 0.6) is 0 Å². The monoisotopic (exact) mass is 396 g/mol. The first kappa shape index (κ1) is 25.3. The minimum Gasteiger partial charge on any atom is -0.385 e. The molecule has 1 fully saturated rings. The summed E-state index contributed by atoms with van der Waals surface area (Å²) in [6, 6.07) is 0. The number of ether oxygens (including phenoxy) is 3. The van der Waals surface area contributed by atoms with Crippen LogP contribution in [0.15, 0.2) is 12.2 Å². The van der Waals surface area contributed by atoms with Gasteiger partial charge in [-0.1, -0.05) is 57.6 Å². The third kappa shape index (κ3) is 12.0. The van der Waals surface area contributed by atoms with Gasteiger partial charge in [0.1, 0.15) is 6.29 Å². The maximum absolute atomic E-state index is 11.0. The van der Waals surface area contributed by atoms with E-state index in [0.29, 0.717) is 6.61 Å². The molecule has 0 aromatic carbocycles. The fourth-order valence-electron chi connectivity index (χ4n) is 3.82. The zero-order valence-electron chi connectivity index (χ0n) is 18.5. The Balaban J connectivity index is 2.06. The number of unbranched alkanes of at least 4 members (excludes halogenated alkanes) is 8. The standard InChI is InChI=1S/C24H44O4/c1-3-4-5-10-13-17-24(27-20-21-28-24)18-14-11-8-6-7-9-12-15-23(22-25)16-19-26-2/h9,12,22-23H,3-8,10-11,13-21H2,1-2H3/b12-9+. The predicted octanol–water partition coefficient (Wildman–Crippen LogP) is 6.23. The van der Waals surface area contributed by atoms with Crippen molar-refractivity contribution in [1.82, 2.24) is 0 Å². The van der Waals surface area contributed by atoms with Crippen molar-refractivity contribution >= 4 is 6.29 Å². The largest absolute Gasteiger partial charge is 0.385 e. The van der Waals surface area contributed by atoms with Crippen molar-refractivity contribution in [1.29, 1.82) is 0 Å². The van der Waals surface area contributed by atoms with Crippen LogP contribution in [0, 0.1) is 5.92 Å². The second-order valence-corrected chi connectivity index (χ2v) is 8.11. The fraction of sp³-hybridized carbons (Fsp3) is 0.875. The second kappa shape index (κ2) is 17.2. The summed E-state index contributed by atoms with van der Waals surface area (Å²) in [6.45, 7) is 4.42. The minimum atomic E-state index is -0.280. The number of rotatable bonds is 19. The number of hydrogen-bond acceptors (Lipinski definition) is 4. The lowest BCUT2D eigenvalue weighted by Gasteiger charge is -2.27. The molecular weight excluding hydrogens is 352 g/mol. The van der Waals surface area contributed by atoms with Gasteiger partial charge in [0, 0.05) is 32.5 Å². The zero-order chi connectivity index (χ0) is 20.3. The fourth-order valence-corrected chi connectivity index (χ4v) is 3.82. The van der Waals surface area contributed by atoms with Gasteiger partial charge in [-0.25, -0.2) is 0 Å². The highest BCUT2D eigenvalue weighted by Crippen LogP contribution is 2.31. The average Bonchev–Trinajstić information content (AvgIpc) is 3.17. The van der Waals surface area contributed by atoms with Gasteiger partial charge in [-0.2, -0.15) is 0 Å². The molecule has 164 valence electrons. The van der Waals surface area contributed by atoms with Crippen LogP contribution < -0.4 is 0 Å². The summed E-state index contributed by atoms with van der Waals surface area (Å²) >= 11 is 0. The molecule has 0 bridgehead atoms. The smallest absolute Gasteiger partial charge is 0.168 e. The molecule has 1 heterocycles. The molecule has 1 rings (SSSR count). The molecule has 0 aliphatic carbocycles. The van der Waals surface area contributed by atoms with Crippen molar-refractivity contribution < 1.29 is 19.0 Å². The molecule has 0 aromatic heterocycles. The Kier molecular flexibility index (Phi) is 15.5. The number of carbonyl (C=O) groups excluding carboxylic acids is 1. The van der Waals surface area contributed by atoms with Gasteiger partial charge in [0.25, 0.3) is 0 Å². The van der Waals surface area contributed by atoms with E-state index >= 15 is 0 Å². The summed E-state index contributed by atoms with van der Waals surface area (Å²) in [6.07, 6.45) is 21.6. The highest BCUT2D eigenvalue weighted by Gasteiger charge is 2.35. The molecule has 1 aliphatic heterocycles. The SMILES string of the molecule is CCCCCCCC1(CCCCCC/C=C/CC(C=O)CCOC)OCCO1. The van der Waals surface area contributed by atoms with E-state index in [1.165, 1.54) is 57.8 Å². The van der Waals surface area contributed by atoms with E-state index in [4.69, 9.17) is 14.2 Å². The number of carbonyl (C=O) groups is 1. The Morgan fingerprint density at radius 1 is 0.929 bits per heavy atom. The Morgan fingerprint density at radius 2 is 1.57 bits per heavy atom. The van der Waals surface area contributed by atoms with Gasteiger partial charge >= 0.3 is 0 Å². The lowest BCUT2D eigenvalue weighted by atomic mass is 9.99. The van der Waals surface area contributed by atoms with Gasteiger partial charge in [0.05, 0.1) is 13.2 Å². The van der Waals surface area contributed by atoms with Gasteiger partial charge in [0.15, 0.2) is 5.79 Å². The van der Waals surface area contributed by atoms with Crippen molar-refractivity contribution in [3.63, 3.8) is 0 Å². The molecule has 1 aliphatic rings. The van der Waals surface area contributed by atoms with Crippen LogP contribution in [0.3, 0.4) is 0 Å². The van der Waals surface area contributed by atoms with Crippen LogP contribution in [0.4, 0.5) is 0 Å². The van der Waals surface area contributed by atoms with Crippen molar-refractivity contribution in [2.75, 3.05) is 26.9 Å². The first-order valence-electron chi connectivity index (χ1n) is 11.6. The van der Waals surface area contributed by atoms with Gasteiger partial charge in [-0.15, -0.1) is 0 Å². The summed E-state index contributed by atoms with van der Waals surface area (Å²) in [5.74, 6) is -0.182. The second-order valence-electron chi connectivity index (χ2n) is 8.11. The molecule has 0 spiro atoms. The van der Waals surface area contributed by atoms with Gasteiger partial charge in [-0.05, 0) is 38.5 Å². The molecule has 0 amide bonds. The lowest BCUT2D eigenvalue weighted by molar-refractivity contribution is -0.168. The quantitative estimate of drug-likeness (QED) is 0.147. The molecule has 4 heteroatoms. The first-order chi connectivity index (χ1) is 13.8. The van der Waals surface area contributed by atoms with Crippen molar-refractivity contribution in [2.45, 2.75) is 103 Å². The molecule has 4 nitrogen and oxygen atoms in total. The van der Waals surface area contributed by atoms with Crippen LogP contribution in [0.2, 0.25) is 0 Å². The van der Waals surface area contributed by atoms with E-state index in [1.807, 2.05) is 0 Å². The maximum Gasteiger partial charge on any atom is 0.168 e. The summed E-state index contributed by atoms with van der Waals surface area (Å²) in [5, 5.41) is 0. The molecular formula is C24H44O4. The lowest BCUT2D eigenvalue weighted by Crippen LogP contribution is -2.30. The topological polar surface area (TPSA) is 44.8 Å². The molecule has 0 N–H and O–H groups in total. The van der Waals surface area contributed by atoms with Crippen molar-refractivity contribution in [3.05, 3.63) is 12.2 Å².